The number of sulfonamides is 1. The highest BCUT2D eigenvalue weighted by Crippen LogP contribution is 2.32. The van der Waals surface area contributed by atoms with Gasteiger partial charge in [0.25, 0.3) is 0 Å². The van der Waals surface area contributed by atoms with Gasteiger partial charge in [0.1, 0.15) is 5.82 Å². The van der Waals surface area contributed by atoms with Crippen molar-refractivity contribution in [3.05, 3.63) is 29.6 Å². The maximum absolute atomic E-state index is 13.9. The fourth-order valence-electron chi connectivity index (χ4n) is 2.75. The Balaban J connectivity index is 1.59. The minimum Gasteiger partial charge on any atom is -0.380 e. The van der Waals surface area contributed by atoms with Crippen molar-refractivity contribution in [2.75, 3.05) is 18.4 Å². The highest BCUT2D eigenvalue weighted by Gasteiger charge is 2.41. The minimum absolute atomic E-state index is 0.0492. The van der Waals surface area contributed by atoms with Crippen molar-refractivity contribution in [3.63, 3.8) is 0 Å². The van der Waals surface area contributed by atoms with Gasteiger partial charge in [0.2, 0.25) is 10.0 Å². The maximum atomic E-state index is 13.9. The number of nitrogens with one attached hydrogen (secondary N) is 1. The molecule has 1 aromatic rings. The third kappa shape index (κ3) is 3.08. The molecular formula is C15H18FN3O2S. The molecule has 0 aromatic heterocycles. The summed E-state index contributed by atoms with van der Waals surface area (Å²) in [5.41, 5.74) is 0.649. The molecule has 1 saturated carbocycles. The number of halogens is 1. The molecule has 0 spiro atoms. The van der Waals surface area contributed by atoms with Crippen LogP contribution in [0.2, 0.25) is 0 Å². The average molecular weight is 323 g/mol. The molecule has 7 heteroatoms. The van der Waals surface area contributed by atoms with Gasteiger partial charge in [-0.2, -0.15) is 5.26 Å². The standard InChI is InChI=1S/C15H18FN3O2S/c16-14-9-11(10-17)1-4-15(14)18-12-5-7-19(8-6-12)22(20,21)13-2-3-13/h1,4,9,12-13,18H,2-3,5-8H2. The van der Waals surface area contributed by atoms with Gasteiger partial charge in [-0.25, -0.2) is 17.1 Å². The highest BCUT2D eigenvalue weighted by atomic mass is 32.2. The molecule has 1 aliphatic carbocycles. The Hall–Kier alpha value is -1.65. The average Bonchev–Trinajstić information content (AvgIpc) is 3.35. The molecular weight excluding hydrogens is 305 g/mol. The number of hydrogen-bond acceptors (Lipinski definition) is 4. The van der Waals surface area contributed by atoms with Gasteiger partial charge in [-0.15, -0.1) is 0 Å². The second-order valence-corrected chi connectivity index (χ2v) is 8.08. The van der Waals surface area contributed by atoms with E-state index < -0.39 is 15.8 Å². The van der Waals surface area contributed by atoms with Crippen LogP contribution in [-0.2, 0) is 10.0 Å². The summed E-state index contributed by atoms with van der Waals surface area (Å²) in [7, 11) is -3.11. The van der Waals surface area contributed by atoms with Crippen LogP contribution in [0.1, 0.15) is 31.2 Å². The van der Waals surface area contributed by atoms with E-state index >= 15 is 0 Å². The number of rotatable bonds is 4. The van der Waals surface area contributed by atoms with Gasteiger partial charge >= 0.3 is 0 Å². The topological polar surface area (TPSA) is 73.2 Å². The first-order chi connectivity index (χ1) is 10.5. The van der Waals surface area contributed by atoms with E-state index in [0.717, 1.165) is 12.8 Å². The van der Waals surface area contributed by atoms with Crippen LogP contribution in [0.15, 0.2) is 18.2 Å². The molecule has 22 heavy (non-hydrogen) atoms. The predicted molar refractivity (Wildman–Crippen MR) is 81.3 cm³/mol. The summed E-state index contributed by atoms with van der Waals surface area (Å²) in [5.74, 6) is -0.452. The van der Waals surface area contributed by atoms with Crippen LogP contribution in [0.25, 0.3) is 0 Å². The van der Waals surface area contributed by atoms with Gasteiger partial charge in [-0.3, -0.25) is 0 Å². The van der Waals surface area contributed by atoms with Gasteiger partial charge in [-0.1, -0.05) is 0 Å². The van der Waals surface area contributed by atoms with E-state index in [2.05, 4.69) is 5.32 Å². The Kier molecular flexibility index (Phi) is 4.06. The van der Waals surface area contributed by atoms with Crippen molar-refractivity contribution in [2.45, 2.75) is 37.0 Å². The van der Waals surface area contributed by atoms with Crippen molar-refractivity contribution in [3.8, 4) is 6.07 Å². The molecule has 0 radical (unpaired) electrons. The molecule has 118 valence electrons. The maximum Gasteiger partial charge on any atom is 0.216 e. The molecule has 3 rings (SSSR count). The van der Waals surface area contributed by atoms with Crippen molar-refractivity contribution >= 4 is 15.7 Å². The van der Waals surface area contributed by atoms with E-state index in [1.54, 1.807) is 16.4 Å². The third-order valence-electron chi connectivity index (χ3n) is 4.22. The van der Waals surface area contributed by atoms with Crippen LogP contribution in [0.3, 0.4) is 0 Å². The number of nitrogens with zero attached hydrogens (tertiary/aromatic N) is 2. The Morgan fingerprint density at radius 1 is 1.23 bits per heavy atom. The Bertz CT molecular complexity index is 702. The lowest BCUT2D eigenvalue weighted by Gasteiger charge is -2.32. The number of piperidine rings is 1. The largest absolute Gasteiger partial charge is 0.380 e. The number of nitriles is 1. The van der Waals surface area contributed by atoms with E-state index in [0.29, 0.717) is 31.6 Å². The van der Waals surface area contributed by atoms with E-state index in [9.17, 15) is 12.8 Å². The summed E-state index contributed by atoms with van der Waals surface area (Å²) in [6.07, 6.45) is 2.87. The van der Waals surface area contributed by atoms with Crippen LogP contribution in [0.4, 0.5) is 10.1 Å². The Labute approximate surface area is 129 Å². The van der Waals surface area contributed by atoms with Crippen molar-refractivity contribution in [1.29, 1.82) is 5.26 Å². The zero-order valence-electron chi connectivity index (χ0n) is 12.1. The second-order valence-electron chi connectivity index (χ2n) is 5.87. The fourth-order valence-corrected chi connectivity index (χ4v) is 4.63. The van der Waals surface area contributed by atoms with Crippen LogP contribution in [-0.4, -0.2) is 37.1 Å². The van der Waals surface area contributed by atoms with Crippen LogP contribution in [0, 0.1) is 17.1 Å². The lowest BCUT2D eigenvalue weighted by Crippen LogP contribution is -2.43. The summed E-state index contributed by atoms with van der Waals surface area (Å²) >= 11 is 0. The second kappa shape index (κ2) is 5.86. The van der Waals surface area contributed by atoms with Gasteiger partial charge < -0.3 is 5.32 Å². The van der Waals surface area contributed by atoms with Crippen LogP contribution < -0.4 is 5.32 Å². The van der Waals surface area contributed by atoms with Crippen molar-refractivity contribution in [2.24, 2.45) is 0 Å². The normalized spacial score (nSPS) is 20.5. The molecule has 0 amide bonds. The summed E-state index contributed by atoms with van der Waals surface area (Å²) in [4.78, 5) is 0. The predicted octanol–water partition coefficient (Wildman–Crippen LogP) is 2.07. The molecule has 5 nitrogen and oxygen atoms in total. The lowest BCUT2D eigenvalue weighted by atomic mass is 10.1. The van der Waals surface area contributed by atoms with Gasteiger partial charge in [0.05, 0.1) is 22.6 Å². The summed E-state index contributed by atoms with van der Waals surface area (Å²) in [6, 6.07) is 6.27. The van der Waals surface area contributed by atoms with E-state index in [1.807, 2.05) is 6.07 Å². The molecule has 0 bridgehead atoms. The number of hydrogen-bond donors (Lipinski definition) is 1. The molecule has 1 aromatic carbocycles. The minimum atomic E-state index is -3.11. The van der Waals surface area contributed by atoms with Crippen molar-refractivity contribution < 1.29 is 12.8 Å². The first-order valence-corrected chi connectivity index (χ1v) is 8.96. The third-order valence-corrected chi connectivity index (χ3v) is 6.62. The molecule has 0 atom stereocenters. The zero-order valence-corrected chi connectivity index (χ0v) is 12.9. The highest BCUT2D eigenvalue weighted by molar-refractivity contribution is 7.90. The van der Waals surface area contributed by atoms with E-state index in [-0.39, 0.29) is 16.9 Å². The summed E-state index contributed by atoms with van der Waals surface area (Å²) < 4.78 is 39.7. The fraction of sp³-hybridized carbons (Fsp3) is 0.533. The zero-order chi connectivity index (χ0) is 15.7. The smallest absolute Gasteiger partial charge is 0.216 e. The Morgan fingerprint density at radius 3 is 2.45 bits per heavy atom. The number of benzene rings is 1. The monoisotopic (exact) mass is 323 g/mol. The lowest BCUT2D eigenvalue weighted by molar-refractivity contribution is 0.329. The summed E-state index contributed by atoms with van der Waals surface area (Å²) in [5, 5.41) is 11.7. The van der Waals surface area contributed by atoms with Gasteiger partial charge in [-0.05, 0) is 43.9 Å². The molecule has 1 aliphatic heterocycles. The van der Waals surface area contributed by atoms with E-state index in [4.69, 9.17) is 5.26 Å². The van der Waals surface area contributed by atoms with E-state index in [1.165, 1.54) is 6.07 Å². The molecule has 1 heterocycles. The number of anilines is 1. The summed E-state index contributed by atoms with van der Waals surface area (Å²) in [6.45, 7) is 0.961. The van der Waals surface area contributed by atoms with Gasteiger partial charge in [0, 0.05) is 19.1 Å². The quantitative estimate of drug-likeness (QED) is 0.920. The SMILES string of the molecule is N#Cc1ccc(NC2CCN(S(=O)(=O)C3CC3)CC2)c(F)c1. The molecule has 1 saturated heterocycles. The Morgan fingerprint density at radius 2 is 1.91 bits per heavy atom. The van der Waals surface area contributed by atoms with Crippen LogP contribution in [0.5, 0.6) is 0 Å². The molecule has 2 aliphatic rings. The first kappa shape index (κ1) is 15.3. The van der Waals surface area contributed by atoms with Crippen molar-refractivity contribution in [1.82, 2.24) is 4.31 Å². The van der Waals surface area contributed by atoms with Crippen LogP contribution >= 0.6 is 0 Å². The van der Waals surface area contributed by atoms with Gasteiger partial charge in [0.15, 0.2) is 0 Å². The first-order valence-electron chi connectivity index (χ1n) is 7.46. The molecule has 0 unspecified atom stereocenters. The molecule has 2 fully saturated rings. The molecule has 1 N–H and O–H groups in total.